The van der Waals surface area contributed by atoms with Gasteiger partial charge < -0.3 is 4.90 Å². The molecule has 0 amide bonds. The molecule has 2 nitrogen and oxygen atoms in total. The summed E-state index contributed by atoms with van der Waals surface area (Å²) in [6.45, 7) is 0. The molecule has 0 fully saturated rings. The van der Waals surface area contributed by atoms with E-state index in [0.29, 0.717) is 0 Å². The number of anilines is 1. The molecule has 0 aliphatic carbocycles. The molecule has 1 heterocycles. The van der Waals surface area contributed by atoms with E-state index < -0.39 is 0 Å². The van der Waals surface area contributed by atoms with Gasteiger partial charge in [-0.15, -0.1) is 9.24 Å². The van der Waals surface area contributed by atoms with Gasteiger partial charge in [0.2, 0.25) is 0 Å². The Labute approximate surface area is 90.9 Å². The summed E-state index contributed by atoms with van der Waals surface area (Å²) >= 11 is 1.73. The Morgan fingerprint density at radius 3 is 2.79 bits per heavy atom. The zero-order valence-corrected chi connectivity index (χ0v) is 10.5. The van der Waals surface area contributed by atoms with E-state index >= 15 is 0 Å². The molecule has 0 N–H and O–H groups in total. The van der Waals surface area contributed by atoms with Gasteiger partial charge in [0, 0.05) is 14.1 Å². The van der Waals surface area contributed by atoms with Gasteiger partial charge in [-0.25, -0.2) is 4.98 Å². The molecule has 0 saturated heterocycles. The van der Waals surface area contributed by atoms with Crippen LogP contribution in [0.3, 0.4) is 0 Å². The molecule has 2 aromatic rings. The average molecular weight is 222 g/mol. The Balaban J connectivity index is 2.66. The van der Waals surface area contributed by atoms with E-state index in [1.54, 1.807) is 11.3 Å². The number of nitrogens with zero attached hydrogens (tertiary/aromatic N) is 2. The molecule has 1 unspecified atom stereocenters. The highest BCUT2D eigenvalue weighted by Crippen LogP contribution is 2.26. The summed E-state index contributed by atoms with van der Waals surface area (Å²) in [4.78, 5) is 6.59. The lowest BCUT2D eigenvalue weighted by molar-refractivity contribution is 1.11. The Morgan fingerprint density at radius 2 is 2.14 bits per heavy atom. The van der Waals surface area contributed by atoms with Gasteiger partial charge in [-0.3, -0.25) is 0 Å². The Hall–Kier alpha value is -0.595. The number of fused-ring (bicyclic) bond motifs is 1. The predicted octanol–water partition coefficient (Wildman–Crippen LogP) is 0.121. The first-order valence-corrected chi connectivity index (χ1v) is 5.81. The highest BCUT2D eigenvalue weighted by atomic mass is 32.1. The quantitative estimate of drug-likeness (QED) is 0.503. The first-order chi connectivity index (χ1) is 6.58. The summed E-state index contributed by atoms with van der Waals surface area (Å²) in [5.74, 6) is 0. The van der Waals surface area contributed by atoms with Crippen LogP contribution in [0, 0.1) is 0 Å². The van der Waals surface area contributed by atoms with Crippen molar-refractivity contribution in [1.82, 2.24) is 4.98 Å². The number of aromatic nitrogens is 1. The Bertz CT molecular complexity index is 442. The largest absolute Gasteiger partial charge is 0.354 e. The maximum absolute atomic E-state index is 4.55. The molecule has 72 valence electrons. The van der Waals surface area contributed by atoms with E-state index in [9.17, 15) is 0 Å². The van der Waals surface area contributed by atoms with Crippen LogP contribution in [0.1, 0.15) is 0 Å². The maximum atomic E-state index is 4.55. The predicted molar refractivity (Wildman–Crippen MR) is 71.5 cm³/mol. The SMILES string of the molecule is Bc1cc2sc(N(C)C)nc2cc1P. The van der Waals surface area contributed by atoms with Crippen molar-refractivity contribution in [2.24, 2.45) is 0 Å². The molecule has 5 heteroatoms. The first kappa shape index (κ1) is 9.94. The van der Waals surface area contributed by atoms with E-state index in [4.69, 9.17) is 0 Å². The van der Waals surface area contributed by atoms with Crippen LogP contribution in [0.2, 0.25) is 0 Å². The van der Waals surface area contributed by atoms with Gasteiger partial charge >= 0.3 is 0 Å². The van der Waals surface area contributed by atoms with Gasteiger partial charge in [-0.2, -0.15) is 0 Å². The molecule has 1 aromatic carbocycles. The van der Waals surface area contributed by atoms with Gasteiger partial charge in [0.25, 0.3) is 0 Å². The number of thiazole rings is 1. The van der Waals surface area contributed by atoms with Crippen LogP contribution in [0.15, 0.2) is 12.1 Å². The number of benzene rings is 1. The topological polar surface area (TPSA) is 16.1 Å². The summed E-state index contributed by atoms with van der Waals surface area (Å²) < 4.78 is 1.26. The molecule has 0 aliphatic heterocycles. The van der Waals surface area contributed by atoms with Crippen molar-refractivity contribution in [2.75, 3.05) is 19.0 Å². The van der Waals surface area contributed by atoms with Crippen molar-refractivity contribution < 1.29 is 0 Å². The smallest absolute Gasteiger partial charge is 0.185 e. The van der Waals surface area contributed by atoms with Gasteiger partial charge in [0.15, 0.2) is 5.13 Å². The van der Waals surface area contributed by atoms with Crippen LogP contribution in [-0.4, -0.2) is 26.9 Å². The third-order valence-corrected chi connectivity index (χ3v) is 3.96. The van der Waals surface area contributed by atoms with Crippen molar-refractivity contribution in [2.45, 2.75) is 0 Å². The molecule has 0 spiro atoms. The standard InChI is InChI=1S/C9H12BN2PS/c1-12(2)9-11-6-4-7(13)5(10)3-8(6)14-9/h3-4H,10,13H2,1-2H3. The fourth-order valence-electron chi connectivity index (χ4n) is 1.27. The van der Waals surface area contributed by atoms with Gasteiger partial charge in [-0.05, 0) is 17.4 Å². The molecule has 2 rings (SSSR count). The van der Waals surface area contributed by atoms with Crippen LogP contribution in [0.4, 0.5) is 5.13 Å². The Morgan fingerprint density at radius 1 is 1.43 bits per heavy atom. The van der Waals surface area contributed by atoms with Crippen LogP contribution < -0.4 is 15.7 Å². The van der Waals surface area contributed by atoms with Crippen LogP contribution in [0.25, 0.3) is 10.2 Å². The number of hydrogen-bond donors (Lipinski definition) is 0. The molecule has 1 aromatic heterocycles. The third kappa shape index (κ3) is 1.64. The fraction of sp³-hybridized carbons (Fsp3) is 0.222. The van der Waals surface area contributed by atoms with Crippen molar-refractivity contribution in [3.05, 3.63) is 12.1 Å². The molecular weight excluding hydrogens is 210 g/mol. The van der Waals surface area contributed by atoms with Crippen molar-refractivity contribution >= 4 is 54.5 Å². The molecule has 14 heavy (non-hydrogen) atoms. The zero-order valence-electron chi connectivity index (χ0n) is 8.53. The highest BCUT2D eigenvalue weighted by molar-refractivity contribution is 7.28. The minimum absolute atomic E-state index is 1.06. The normalized spacial score (nSPS) is 10.8. The highest BCUT2D eigenvalue weighted by Gasteiger charge is 2.06. The van der Waals surface area contributed by atoms with Crippen molar-refractivity contribution in [3.63, 3.8) is 0 Å². The minimum atomic E-state index is 1.06. The number of hydrogen-bond acceptors (Lipinski definition) is 3. The molecule has 0 aliphatic rings. The van der Waals surface area contributed by atoms with E-state index in [-0.39, 0.29) is 0 Å². The van der Waals surface area contributed by atoms with E-state index in [1.165, 1.54) is 15.5 Å². The molecule has 0 bridgehead atoms. The molecule has 1 atom stereocenters. The van der Waals surface area contributed by atoms with E-state index in [1.807, 2.05) is 19.0 Å². The van der Waals surface area contributed by atoms with Crippen LogP contribution in [0.5, 0.6) is 0 Å². The second kappa shape index (κ2) is 3.52. The van der Waals surface area contributed by atoms with E-state index in [0.717, 1.165) is 10.6 Å². The van der Waals surface area contributed by atoms with Crippen molar-refractivity contribution in [1.29, 1.82) is 0 Å². The average Bonchev–Trinajstić information content (AvgIpc) is 2.48. The minimum Gasteiger partial charge on any atom is -0.354 e. The molecule has 0 radical (unpaired) electrons. The fourth-order valence-corrected chi connectivity index (χ4v) is 2.48. The maximum Gasteiger partial charge on any atom is 0.185 e. The van der Waals surface area contributed by atoms with Gasteiger partial charge in [0.1, 0.15) is 7.85 Å². The molecule has 0 saturated carbocycles. The summed E-state index contributed by atoms with van der Waals surface area (Å²) in [6.07, 6.45) is 0. The van der Waals surface area contributed by atoms with Gasteiger partial charge in [-0.1, -0.05) is 16.8 Å². The monoisotopic (exact) mass is 222 g/mol. The zero-order chi connectivity index (χ0) is 10.3. The summed E-state index contributed by atoms with van der Waals surface area (Å²) in [5, 5.41) is 2.29. The first-order valence-electron chi connectivity index (χ1n) is 4.42. The van der Waals surface area contributed by atoms with Gasteiger partial charge in [0.05, 0.1) is 10.2 Å². The summed E-state index contributed by atoms with van der Waals surface area (Å²) in [5.41, 5.74) is 2.39. The van der Waals surface area contributed by atoms with Crippen LogP contribution >= 0.6 is 20.6 Å². The second-order valence-corrected chi connectivity index (χ2v) is 5.20. The molecular formula is C9H12BN2PS. The summed E-state index contributed by atoms with van der Waals surface area (Å²) in [6, 6.07) is 4.32. The lowest BCUT2D eigenvalue weighted by atomic mass is 9.96. The van der Waals surface area contributed by atoms with Crippen LogP contribution in [-0.2, 0) is 0 Å². The van der Waals surface area contributed by atoms with E-state index in [2.05, 4.69) is 34.2 Å². The third-order valence-electron chi connectivity index (χ3n) is 2.15. The van der Waals surface area contributed by atoms with Crippen molar-refractivity contribution in [3.8, 4) is 0 Å². The second-order valence-electron chi connectivity index (χ2n) is 3.57. The Kier molecular flexibility index (Phi) is 2.50. The summed E-state index contributed by atoms with van der Waals surface area (Å²) in [7, 11) is 8.91. The lowest BCUT2D eigenvalue weighted by Gasteiger charge is -2.04. The number of rotatable bonds is 1. The lowest BCUT2D eigenvalue weighted by Crippen LogP contribution is -2.17.